The molecule has 2 bridgehead atoms. The van der Waals surface area contributed by atoms with Gasteiger partial charge in [-0.3, -0.25) is 9.63 Å². The number of hydrogen-bond acceptors (Lipinski definition) is 5. The van der Waals surface area contributed by atoms with Crippen LogP contribution in [-0.2, 0) is 25.7 Å². The Morgan fingerprint density at radius 3 is 2.72 bits per heavy atom. The fourth-order valence-electron chi connectivity index (χ4n) is 6.57. The van der Waals surface area contributed by atoms with Gasteiger partial charge in [-0.2, -0.15) is 5.06 Å². The SMILES string of the molecule is CCC[C@@H]1ON2[C@@H]3[C@H]4CC[C@@](C)([C@@H]3O[C@H]2[C@H]1C(=O)OCc1ccccc1)C4(C)C. The summed E-state index contributed by atoms with van der Waals surface area (Å²) in [4.78, 5) is 19.6. The van der Waals surface area contributed by atoms with Crippen molar-refractivity contribution < 1.29 is 19.1 Å². The molecule has 0 unspecified atom stereocenters. The van der Waals surface area contributed by atoms with Crippen LogP contribution in [0, 0.1) is 22.7 Å². The third kappa shape index (κ3) is 2.67. The maximum Gasteiger partial charge on any atom is 0.316 e. The normalized spacial score (nSPS) is 42.1. The first-order chi connectivity index (χ1) is 13.9. The van der Waals surface area contributed by atoms with Crippen molar-refractivity contribution in [3.8, 4) is 0 Å². The van der Waals surface area contributed by atoms with Crippen molar-refractivity contribution in [2.45, 2.75) is 84.5 Å². The van der Waals surface area contributed by atoms with Crippen LogP contribution in [0.5, 0.6) is 0 Å². The van der Waals surface area contributed by atoms with Gasteiger partial charge in [-0.05, 0) is 36.2 Å². The zero-order chi connectivity index (χ0) is 20.4. The summed E-state index contributed by atoms with van der Waals surface area (Å²) < 4.78 is 12.4. The Hall–Kier alpha value is -1.43. The van der Waals surface area contributed by atoms with E-state index < -0.39 is 0 Å². The van der Waals surface area contributed by atoms with Crippen LogP contribution < -0.4 is 0 Å². The average molecular weight is 400 g/mol. The average Bonchev–Trinajstić information content (AvgIpc) is 3.34. The molecule has 2 heterocycles. The maximum atomic E-state index is 13.1. The number of nitrogens with zero attached hydrogens (tertiary/aromatic N) is 1. The molecule has 2 aliphatic heterocycles. The predicted molar refractivity (Wildman–Crippen MR) is 108 cm³/mol. The fraction of sp³-hybridized carbons (Fsp3) is 0.708. The number of carbonyl (C=O) groups excluding carboxylic acids is 1. The number of carbonyl (C=O) groups is 1. The van der Waals surface area contributed by atoms with E-state index in [-0.39, 0.29) is 47.2 Å². The minimum absolute atomic E-state index is 0.133. The second-order valence-electron chi connectivity index (χ2n) is 10.1. The Kier molecular flexibility index (Phi) is 4.57. The van der Waals surface area contributed by atoms with Crippen molar-refractivity contribution in [1.82, 2.24) is 5.06 Å². The third-order valence-corrected chi connectivity index (χ3v) is 8.59. The van der Waals surface area contributed by atoms with Crippen molar-refractivity contribution in [2.24, 2.45) is 22.7 Å². The highest BCUT2D eigenvalue weighted by Crippen LogP contribution is 2.70. The zero-order valence-corrected chi connectivity index (χ0v) is 18.0. The van der Waals surface area contributed by atoms with Gasteiger partial charge in [0.25, 0.3) is 0 Å². The number of benzene rings is 1. The standard InChI is InChI=1S/C24H33NO4/c1-5-9-17-18(22(26)27-14-15-10-7-6-8-11-15)21-25(29-17)19-16-12-13-24(4,20(19)28-21)23(16,2)3/h6-8,10-11,16-21H,5,9,12-14H2,1-4H3/t16-,17+,18+,19-,20-,21+,24+/m1/s1. The van der Waals surface area contributed by atoms with Crippen molar-refractivity contribution in [3.63, 3.8) is 0 Å². The summed E-state index contributed by atoms with van der Waals surface area (Å²) in [6.07, 6.45) is 3.85. The van der Waals surface area contributed by atoms with E-state index in [4.69, 9.17) is 14.3 Å². The molecule has 158 valence electrons. The molecule has 2 saturated heterocycles. The number of ether oxygens (including phenoxy) is 2. The molecule has 5 nitrogen and oxygen atoms in total. The summed E-state index contributed by atoms with van der Waals surface area (Å²) in [6, 6.07) is 10.1. The van der Waals surface area contributed by atoms with Crippen LogP contribution in [0.25, 0.3) is 0 Å². The molecule has 7 atom stereocenters. The summed E-state index contributed by atoms with van der Waals surface area (Å²) in [5.41, 5.74) is 1.36. The Morgan fingerprint density at radius 1 is 1.24 bits per heavy atom. The first kappa shape index (κ1) is 19.5. The summed E-state index contributed by atoms with van der Waals surface area (Å²) in [6.45, 7) is 9.55. The van der Waals surface area contributed by atoms with E-state index in [9.17, 15) is 4.79 Å². The van der Waals surface area contributed by atoms with Crippen molar-refractivity contribution >= 4 is 5.97 Å². The lowest BCUT2D eigenvalue weighted by molar-refractivity contribution is -0.197. The highest BCUT2D eigenvalue weighted by Gasteiger charge is 2.74. The largest absolute Gasteiger partial charge is 0.460 e. The quantitative estimate of drug-likeness (QED) is 0.691. The first-order valence-corrected chi connectivity index (χ1v) is 11.2. The van der Waals surface area contributed by atoms with Gasteiger partial charge < -0.3 is 9.47 Å². The van der Waals surface area contributed by atoms with Gasteiger partial charge in [0, 0.05) is 5.41 Å². The molecule has 5 rings (SSSR count). The number of rotatable bonds is 5. The van der Waals surface area contributed by atoms with Crippen LogP contribution >= 0.6 is 0 Å². The second kappa shape index (κ2) is 6.79. The number of hydrogen-bond donors (Lipinski definition) is 0. The van der Waals surface area contributed by atoms with E-state index in [0.29, 0.717) is 12.5 Å². The van der Waals surface area contributed by atoms with Crippen LogP contribution in [0.2, 0.25) is 0 Å². The van der Waals surface area contributed by atoms with Gasteiger partial charge in [0.05, 0.1) is 18.2 Å². The van der Waals surface area contributed by atoms with Gasteiger partial charge in [0.2, 0.25) is 0 Å². The fourth-order valence-corrected chi connectivity index (χ4v) is 6.57. The molecule has 0 aromatic heterocycles. The highest BCUT2D eigenvalue weighted by atomic mass is 16.8. The van der Waals surface area contributed by atoms with E-state index in [1.165, 1.54) is 12.8 Å². The molecule has 4 fully saturated rings. The minimum atomic E-state index is -0.379. The first-order valence-electron chi connectivity index (χ1n) is 11.2. The number of esters is 1. The van der Waals surface area contributed by atoms with E-state index in [0.717, 1.165) is 18.4 Å². The Morgan fingerprint density at radius 2 is 2.00 bits per heavy atom. The summed E-state index contributed by atoms with van der Waals surface area (Å²) in [5.74, 6) is -0.0317. The van der Waals surface area contributed by atoms with E-state index in [2.05, 4.69) is 32.8 Å². The monoisotopic (exact) mass is 399 g/mol. The smallest absolute Gasteiger partial charge is 0.316 e. The number of fused-ring (bicyclic) bond motifs is 7. The van der Waals surface area contributed by atoms with Gasteiger partial charge >= 0.3 is 5.97 Å². The Labute approximate surface area is 173 Å². The lowest BCUT2D eigenvalue weighted by Gasteiger charge is -2.38. The Balaban J connectivity index is 1.36. The molecule has 0 amide bonds. The molecular weight excluding hydrogens is 366 g/mol. The summed E-state index contributed by atoms with van der Waals surface area (Å²) >= 11 is 0. The molecule has 0 radical (unpaired) electrons. The molecule has 0 spiro atoms. The van der Waals surface area contributed by atoms with Crippen LogP contribution in [0.4, 0.5) is 0 Å². The molecule has 0 N–H and O–H groups in total. The molecule has 29 heavy (non-hydrogen) atoms. The van der Waals surface area contributed by atoms with Crippen LogP contribution in [0.1, 0.15) is 58.9 Å². The van der Waals surface area contributed by atoms with E-state index in [1.54, 1.807) is 0 Å². The van der Waals surface area contributed by atoms with Gasteiger partial charge in [0.1, 0.15) is 18.8 Å². The van der Waals surface area contributed by atoms with Crippen LogP contribution in [0.3, 0.4) is 0 Å². The molecule has 2 aliphatic carbocycles. The summed E-state index contributed by atoms with van der Waals surface area (Å²) in [7, 11) is 0. The van der Waals surface area contributed by atoms with E-state index in [1.807, 2.05) is 30.3 Å². The zero-order valence-electron chi connectivity index (χ0n) is 18.0. The van der Waals surface area contributed by atoms with Gasteiger partial charge in [-0.15, -0.1) is 0 Å². The molecule has 2 saturated carbocycles. The summed E-state index contributed by atoms with van der Waals surface area (Å²) in [5, 5.41) is 2.07. The maximum absolute atomic E-state index is 13.1. The molecule has 1 aromatic rings. The van der Waals surface area contributed by atoms with Gasteiger partial charge in [0.15, 0.2) is 0 Å². The highest BCUT2D eigenvalue weighted by molar-refractivity contribution is 5.74. The van der Waals surface area contributed by atoms with Crippen molar-refractivity contribution in [1.29, 1.82) is 0 Å². The Bertz CT molecular complexity index is 780. The van der Waals surface area contributed by atoms with E-state index >= 15 is 0 Å². The van der Waals surface area contributed by atoms with Crippen molar-refractivity contribution in [2.75, 3.05) is 0 Å². The number of hydroxylamine groups is 2. The van der Waals surface area contributed by atoms with Crippen molar-refractivity contribution in [3.05, 3.63) is 35.9 Å². The van der Waals surface area contributed by atoms with Crippen LogP contribution in [0.15, 0.2) is 30.3 Å². The molecular formula is C24H33NO4. The predicted octanol–water partition coefficient (Wildman–Crippen LogP) is 4.31. The third-order valence-electron chi connectivity index (χ3n) is 8.59. The topological polar surface area (TPSA) is 48.0 Å². The lowest BCUT2D eigenvalue weighted by atomic mass is 9.70. The van der Waals surface area contributed by atoms with Gasteiger partial charge in [-0.25, -0.2) is 0 Å². The van der Waals surface area contributed by atoms with Gasteiger partial charge in [-0.1, -0.05) is 64.4 Å². The molecule has 5 heteroatoms. The molecule has 4 aliphatic rings. The lowest BCUT2D eigenvalue weighted by Crippen LogP contribution is -2.42. The second-order valence-corrected chi connectivity index (χ2v) is 10.1. The minimum Gasteiger partial charge on any atom is -0.460 e. The van der Waals surface area contributed by atoms with Crippen LogP contribution in [-0.4, -0.2) is 35.5 Å². The molecule has 1 aromatic carbocycles.